The summed E-state index contributed by atoms with van der Waals surface area (Å²) in [5.41, 5.74) is 7.92. The summed E-state index contributed by atoms with van der Waals surface area (Å²) in [4.78, 5) is 11.8. The summed E-state index contributed by atoms with van der Waals surface area (Å²) < 4.78 is 1.70. The summed E-state index contributed by atoms with van der Waals surface area (Å²) in [5.74, 6) is -0.0381. The van der Waals surface area contributed by atoms with E-state index >= 15 is 0 Å². The Morgan fingerprint density at radius 3 is 3.00 bits per heavy atom. The van der Waals surface area contributed by atoms with Gasteiger partial charge in [-0.15, -0.1) is 0 Å². The number of rotatable bonds is 4. The zero-order chi connectivity index (χ0) is 12.3. The lowest BCUT2D eigenvalue weighted by Crippen LogP contribution is -2.27. The molecule has 2 heterocycles. The van der Waals surface area contributed by atoms with E-state index in [1.165, 1.54) is 11.3 Å². The number of anilines is 1. The van der Waals surface area contributed by atoms with Gasteiger partial charge in [0.25, 0.3) is 5.91 Å². The highest BCUT2D eigenvalue weighted by molar-refractivity contribution is 7.08. The van der Waals surface area contributed by atoms with Crippen LogP contribution in [0.15, 0.2) is 23.2 Å². The smallest absolute Gasteiger partial charge is 0.252 e. The molecule has 0 fully saturated rings. The lowest BCUT2D eigenvalue weighted by atomic mass is 10.2. The number of nitrogens with two attached hydrogens (primary N) is 1. The Balaban J connectivity index is 1.83. The van der Waals surface area contributed by atoms with E-state index in [0.717, 1.165) is 11.1 Å². The largest absolute Gasteiger partial charge is 0.396 e. The zero-order valence-corrected chi connectivity index (χ0v) is 10.3. The van der Waals surface area contributed by atoms with Gasteiger partial charge in [0.15, 0.2) is 0 Å². The van der Waals surface area contributed by atoms with Gasteiger partial charge >= 0.3 is 0 Å². The van der Waals surface area contributed by atoms with Crippen molar-refractivity contribution in [3.8, 4) is 0 Å². The summed E-state index contributed by atoms with van der Waals surface area (Å²) in [5, 5.41) is 10.7. The van der Waals surface area contributed by atoms with Gasteiger partial charge in [-0.05, 0) is 17.9 Å². The topological polar surface area (TPSA) is 72.9 Å². The van der Waals surface area contributed by atoms with Crippen molar-refractivity contribution in [3.05, 3.63) is 34.3 Å². The second-order valence-electron chi connectivity index (χ2n) is 3.76. The number of carbonyl (C=O) groups is 1. The Bertz CT molecular complexity index is 517. The van der Waals surface area contributed by atoms with Gasteiger partial charge in [0.1, 0.15) is 0 Å². The minimum Gasteiger partial charge on any atom is -0.396 e. The number of carbonyl (C=O) groups excluding carboxylic acids is 1. The lowest BCUT2D eigenvalue weighted by molar-refractivity contribution is 0.0952. The van der Waals surface area contributed by atoms with Gasteiger partial charge in [0.2, 0.25) is 0 Å². The quantitative estimate of drug-likeness (QED) is 0.858. The summed E-state index contributed by atoms with van der Waals surface area (Å²) in [6.45, 7) is 3.08. The van der Waals surface area contributed by atoms with Crippen LogP contribution in [0.25, 0.3) is 0 Å². The number of hydrogen-bond donors (Lipinski definition) is 2. The van der Waals surface area contributed by atoms with E-state index in [1.807, 2.05) is 17.7 Å². The van der Waals surface area contributed by atoms with Crippen molar-refractivity contribution in [2.75, 3.05) is 12.3 Å². The van der Waals surface area contributed by atoms with Gasteiger partial charge in [-0.3, -0.25) is 9.48 Å². The number of amides is 1. The fraction of sp³-hybridized carbons (Fsp3) is 0.273. The molecule has 0 aromatic carbocycles. The average Bonchev–Trinajstić information content (AvgIpc) is 2.87. The molecule has 0 radical (unpaired) electrons. The lowest BCUT2D eigenvalue weighted by Gasteiger charge is -2.04. The minimum absolute atomic E-state index is 0.0381. The zero-order valence-electron chi connectivity index (χ0n) is 9.51. The third-order valence-electron chi connectivity index (χ3n) is 2.38. The first-order valence-electron chi connectivity index (χ1n) is 5.26. The van der Waals surface area contributed by atoms with Crippen molar-refractivity contribution in [1.29, 1.82) is 0 Å². The second kappa shape index (κ2) is 5.01. The van der Waals surface area contributed by atoms with Gasteiger partial charge in [-0.25, -0.2) is 0 Å². The van der Waals surface area contributed by atoms with Gasteiger partial charge in [0, 0.05) is 18.1 Å². The molecule has 90 valence electrons. The average molecular weight is 250 g/mol. The molecule has 2 aromatic heterocycles. The standard InChI is InChI=1S/C11H14N4OS/c1-8-6-17-7-10(8)11(16)13-2-3-15-5-9(12)4-14-15/h4-7H,2-3,12H2,1H3,(H,13,16). The van der Waals surface area contributed by atoms with Crippen LogP contribution in [-0.4, -0.2) is 22.2 Å². The number of nitrogens with one attached hydrogen (secondary N) is 1. The molecule has 0 aliphatic rings. The number of aryl methyl sites for hydroxylation is 1. The molecule has 0 unspecified atom stereocenters. The Morgan fingerprint density at radius 1 is 1.59 bits per heavy atom. The fourth-order valence-corrected chi connectivity index (χ4v) is 2.30. The molecule has 0 spiro atoms. The summed E-state index contributed by atoms with van der Waals surface area (Å²) in [6, 6.07) is 0. The second-order valence-corrected chi connectivity index (χ2v) is 4.50. The highest BCUT2D eigenvalue weighted by atomic mass is 32.1. The number of nitrogen functional groups attached to an aromatic ring is 1. The summed E-state index contributed by atoms with van der Waals surface area (Å²) in [6.07, 6.45) is 3.33. The van der Waals surface area contributed by atoms with Gasteiger partial charge in [0.05, 0.1) is 24.0 Å². The van der Waals surface area contributed by atoms with E-state index in [4.69, 9.17) is 5.73 Å². The molecule has 5 nitrogen and oxygen atoms in total. The van der Waals surface area contributed by atoms with Crippen molar-refractivity contribution in [1.82, 2.24) is 15.1 Å². The van der Waals surface area contributed by atoms with Crippen LogP contribution in [0.1, 0.15) is 15.9 Å². The van der Waals surface area contributed by atoms with Crippen LogP contribution in [-0.2, 0) is 6.54 Å². The molecule has 0 saturated heterocycles. The van der Waals surface area contributed by atoms with E-state index in [1.54, 1.807) is 17.1 Å². The Hall–Kier alpha value is -1.82. The van der Waals surface area contributed by atoms with Crippen LogP contribution in [0.2, 0.25) is 0 Å². The third kappa shape index (κ3) is 2.85. The molecule has 0 aliphatic carbocycles. The van der Waals surface area contributed by atoms with Gasteiger partial charge < -0.3 is 11.1 Å². The van der Waals surface area contributed by atoms with E-state index < -0.39 is 0 Å². The van der Waals surface area contributed by atoms with Crippen molar-refractivity contribution >= 4 is 22.9 Å². The molecule has 0 aliphatic heterocycles. The van der Waals surface area contributed by atoms with Gasteiger partial charge in [-0.1, -0.05) is 0 Å². The van der Waals surface area contributed by atoms with E-state index in [9.17, 15) is 4.79 Å². The van der Waals surface area contributed by atoms with Crippen LogP contribution in [0.3, 0.4) is 0 Å². The predicted octanol–water partition coefficient (Wildman–Crippen LogP) is 1.27. The van der Waals surface area contributed by atoms with Crippen molar-refractivity contribution in [2.24, 2.45) is 0 Å². The predicted molar refractivity (Wildman–Crippen MR) is 68.0 cm³/mol. The maximum absolute atomic E-state index is 11.8. The molecule has 0 bridgehead atoms. The normalized spacial score (nSPS) is 10.4. The van der Waals surface area contributed by atoms with E-state index in [2.05, 4.69) is 10.4 Å². The van der Waals surface area contributed by atoms with Gasteiger partial charge in [-0.2, -0.15) is 16.4 Å². The highest BCUT2D eigenvalue weighted by Crippen LogP contribution is 2.12. The molecule has 2 aromatic rings. The van der Waals surface area contributed by atoms with Crippen molar-refractivity contribution in [2.45, 2.75) is 13.5 Å². The van der Waals surface area contributed by atoms with Crippen molar-refractivity contribution in [3.63, 3.8) is 0 Å². The molecule has 2 rings (SSSR count). The first-order valence-corrected chi connectivity index (χ1v) is 6.20. The highest BCUT2D eigenvalue weighted by Gasteiger charge is 2.08. The fourth-order valence-electron chi connectivity index (χ4n) is 1.47. The molecule has 17 heavy (non-hydrogen) atoms. The maximum Gasteiger partial charge on any atom is 0.252 e. The molecule has 6 heteroatoms. The molecular formula is C11H14N4OS. The molecule has 3 N–H and O–H groups in total. The Labute approximate surface area is 103 Å². The number of nitrogens with zero attached hydrogens (tertiary/aromatic N) is 2. The summed E-state index contributed by atoms with van der Waals surface area (Å²) >= 11 is 1.53. The number of thiophene rings is 1. The Morgan fingerprint density at radius 2 is 2.41 bits per heavy atom. The molecule has 0 saturated carbocycles. The van der Waals surface area contributed by atoms with E-state index in [-0.39, 0.29) is 5.91 Å². The van der Waals surface area contributed by atoms with Crippen molar-refractivity contribution < 1.29 is 4.79 Å². The summed E-state index contributed by atoms with van der Waals surface area (Å²) in [7, 11) is 0. The SMILES string of the molecule is Cc1cscc1C(=O)NCCn1cc(N)cn1. The molecule has 0 atom stereocenters. The maximum atomic E-state index is 11.8. The van der Waals surface area contributed by atoms with Crippen LogP contribution in [0, 0.1) is 6.92 Å². The van der Waals surface area contributed by atoms with Crippen LogP contribution < -0.4 is 11.1 Å². The number of hydrogen-bond acceptors (Lipinski definition) is 4. The first kappa shape index (κ1) is 11.7. The van der Waals surface area contributed by atoms with E-state index in [0.29, 0.717) is 18.8 Å². The Kier molecular flexibility index (Phi) is 3.43. The monoisotopic (exact) mass is 250 g/mol. The third-order valence-corrected chi connectivity index (χ3v) is 3.24. The van der Waals surface area contributed by atoms with Crippen LogP contribution in [0.5, 0.6) is 0 Å². The molecular weight excluding hydrogens is 236 g/mol. The molecule has 1 amide bonds. The first-order chi connectivity index (χ1) is 8.16. The minimum atomic E-state index is -0.0381. The van der Waals surface area contributed by atoms with Crippen LogP contribution in [0.4, 0.5) is 5.69 Å². The van der Waals surface area contributed by atoms with Crippen LogP contribution >= 0.6 is 11.3 Å². The number of aromatic nitrogens is 2.